The molecule has 2 unspecified atom stereocenters. The highest BCUT2D eigenvalue weighted by Gasteiger charge is 2.27. The topological polar surface area (TPSA) is 108 Å². The number of nitrogens with zero attached hydrogens (tertiary/aromatic N) is 1. The molecule has 0 spiro atoms. The van der Waals surface area contributed by atoms with Crippen LogP contribution in [0.2, 0.25) is 0 Å². The number of carbonyl (C=O) groups excluding carboxylic acids is 2. The molecule has 85 heavy (non-hydrogen) atoms. The summed E-state index contributed by atoms with van der Waals surface area (Å²) in [7, 11) is 1.47. The Morgan fingerprint density at radius 3 is 1.00 bits per heavy atom. The zero-order valence-corrected chi connectivity index (χ0v) is 56.7. The number of quaternary nitrogens is 1. The number of carbonyl (C=O) groups is 2. The molecule has 0 aromatic rings. The van der Waals surface area contributed by atoms with Crippen LogP contribution in [-0.4, -0.2) is 74.9 Å². The Morgan fingerprint density at radius 1 is 0.376 bits per heavy atom. The number of allylic oxidation sites excluding steroid dienone is 18. The summed E-state index contributed by atoms with van der Waals surface area (Å²) >= 11 is 0. The highest BCUT2D eigenvalue weighted by Crippen LogP contribution is 2.43. The van der Waals surface area contributed by atoms with E-state index in [9.17, 15) is 19.0 Å². The minimum Gasteiger partial charge on any atom is -0.462 e. The van der Waals surface area contributed by atoms with Gasteiger partial charge in [-0.15, -0.1) is 0 Å². The average Bonchev–Trinajstić information content (AvgIpc) is 3.50. The maximum absolute atomic E-state index is 12.9. The summed E-state index contributed by atoms with van der Waals surface area (Å²) in [6, 6.07) is 0. The molecular weight excluding hydrogens is 1070 g/mol. The van der Waals surface area contributed by atoms with Crippen molar-refractivity contribution in [3.8, 4) is 0 Å². The SMILES string of the molecule is CC/C=C\C/C=C\C/C=C\C/C=C\C/C=C\C/C=C\C/C=C\C/C=C\C/C=C\CCCCCCCCCCCC(=O)OC(COC(=O)CCCCCCCCCCCCCCCCCCCCCCCCCC)COP(=O)(O)OCC[N+](C)(C)C. The zero-order valence-electron chi connectivity index (χ0n) is 55.8. The predicted molar refractivity (Wildman–Crippen MR) is 367 cm³/mol. The molecule has 0 aromatic carbocycles. The van der Waals surface area contributed by atoms with Gasteiger partial charge in [-0.05, 0) is 83.5 Å². The standard InChI is InChI=1S/C75H132NO8P/c1-6-8-10-12-14-16-18-20-22-24-26-28-30-32-33-34-35-36-37-38-39-40-41-42-43-44-46-48-50-52-54-56-58-60-62-64-66-68-75(78)84-73(72-83-85(79,80)82-70-69-76(3,4)5)71-81-74(77)67-65-63-61-59-57-55-53-51-49-47-45-31-29-27-25-23-21-19-17-15-13-11-9-7-2/h8,10,14,16,20,22,26,28,32-33,35-36,38-39,41-42,44,46,73H,6-7,9,11-13,15,17-19,21,23-25,27,29-31,34,37,40,43,45,47-72H2,1-5H3/p+1/b10-8-,16-14-,22-20-,28-26-,33-32-,36-35-,39-38-,42-41-,46-44-. The number of phosphoric acid groups is 1. The van der Waals surface area contributed by atoms with Crippen molar-refractivity contribution in [1.82, 2.24) is 0 Å². The lowest BCUT2D eigenvalue weighted by Crippen LogP contribution is -2.37. The van der Waals surface area contributed by atoms with E-state index in [4.69, 9.17) is 18.5 Å². The van der Waals surface area contributed by atoms with Crippen LogP contribution < -0.4 is 0 Å². The molecule has 0 saturated carbocycles. The lowest BCUT2D eigenvalue weighted by atomic mass is 10.0. The molecule has 490 valence electrons. The molecule has 0 heterocycles. The van der Waals surface area contributed by atoms with Gasteiger partial charge in [-0.1, -0.05) is 316 Å². The summed E-state index contributed by atoms with van der Waals surface area (Å²) in [5.41, 5.74) is 0. The van der Waals surface area contributed by atoms with E-state index < -0.39 is 26.5 Å². The fourth-order valence-electron chi connectivity index (χ4n) is 9.72. The lowest BCUT2D eigenvalue weighted by molar-refractivity contribution is -0.870. The normalized spacial score (nSPS) is 13.8. The highest BCUT2D eigenvalue weighted by molar-refractivity contribution is 7.47. The van der Waals surface area contributed by atoms with Crippen LogP contribution >= 0.6 is 7.82 Å². The molecule has 0 fully saturated rings. The Labute approximate surface area is 525 Å². The van der Waals surface area contributed by atoms with Crippen LogP contribution in [0.15, 0.2) is 109 Å². The van der Waals surface area contributed by atoms with E-state index in [0.29, 0.717) is 17.4 Å². The van der Waals surface area contributed by atoms with Crippen molar-refractivity contribution < 1.29 is 42.1 Å². The zero-order chi connectivity index (χ0) is 61.9. The Balaban J connectivity index is 4.09. The molecule has 0 rings (SSSR count). The number of hydrogen-bond acceptors (Lipinski definition) is 7. The summed E-state index contributed by atoms with van der Waals surface area (Å²) in [6.45, 7) is 4.35. The maximum Gasteiger partial charge on any atom is 0.472 e. The first-order valence-electron chi connectivity index (χ1n) is 35.1. The fraction of sp³-hybridized carbons (Fsp3) is 0.733. The van der Waals surface area contributed by atoms with Gasteiger partial charge in [0.15, 0.2) is 6.10 Å². The quantitative estimate of drug-likeness (QED) is 0.0211. The fourth-order valence-corrected chi connectivity index (χ4v) is 10.5. The monoisotopic (exact) mass is 1210 g/mol. The molecule has 0 saturated heterocycles. The number of likely N-dealkylation sites (N-methyl/N-ethyl adjacent to an activating group) is 1. The first-order valence-corrected chi connectivity index (χ1v) is 36.6. The second-order valence-corrected chi connectivity index (χ2v) is 26.0. The van der Waals surface area contributed by atoms with Gasteiger partial charge in [0.05, 0.1) is 27.7 Å². The molecule has 0 amide bonds. The van der Waals surface area contributed by atoms with Crippen LogP contribution in [0, 0.1) is 0 Å². The van der Waals surface area contributed by atoms with Crippen LogP contribution in [-0.2, 0) is 32.7 Å². The van der Waals surface area contributed by atoms with Crippen LogP contribution in [0.4, 0.5) is 0 Å². The second-order valence-electron chi connectivity index (χ2n) is 24.5. The second kappa shape index (κ2) is 65.1. The summed E-state index contributed by atoms with van der Waals surface area (Å²) in [6.07, 6.45) is 91.9. The van der Waals surface area contributed by atoms with E-state index in [1.807, 2.05) is 21.1 Å². The summed E-state index contributed by atoms with van der Waals surface area (Å²) in [4.78, 5) is 35.9. The number of unbranched alkanes of at least 4 members (excludes halogenated alkanes) is 32. The third-order valence-electron chi connectivity index (χ3n) is 15.1. The van der Waals surface area contributed by atoms with Gasteiger partial charge in [0.2, 0.25) is 0 Å². The van der Waals surface area contributed by atoms with Crippen molar-refractivity contribution >= 4 is 19.8 Å². The molecule has 0 bridgehead atoms. The molecule has 10 heteroatoms. The van der Waals surface area contributed by atoms with E-state index in [1.54, 1.807) is 0 Å². The number of hydrogen-bond donors (Lipinski definition) is 1. The van der Waals surface area contributed by atoms with Gasteiger partial charge in [0, 0.05) is 12.8 Å². The minimum absolute atomic E-state index is 0.0275. The predicted octanol–water partition coefficient (Wildman–Crippen LogP) is 22.9. The maximum atomic E-state index is 12.9. The van der Waals surface area contributed by atoms with Gasteiger partial charge < -0.3 is 18.9 Å². The van der Waals surface area contributed by atoms with Gasteiger partial charge in [-0.2, -0.15) is 0 Å². The molecular formula is C75H133NO8P+. The average molecular weight is 1210 g/mol. The smallest absolute Gasteiger partial charge is 0.462 e. The molecule has 0 aromatic heterocycles. The lowest BCUT2D eigenvalue weighted by Gasteiger charge is -2.24. The number of ether oxygens (including phenoxy) is 2. The molecule has 9 nitrogen and oxygen atoms in total. The van der Waals surface area contributed by atoms with E-state index in [2.05, 4.69) is 123 Å². The van der Waals surface area contributed by atoms with Gasteiger partial charge in [-0.25, -0.2) is 4.57 Å². The largest absolute Gasteiger partial charge is 0.472 e. The van der Waals surface area contributed by atoms with Crippen molar-refractivity contribution in [2.75, 3.05) is 47.5 Å². The first kappa shape index (κ1) is 81.7. The van der Waals surface area contributed by atoms with Crippen LogP contribution in [0.3, 0.4) is 0 Å². The van der Waals surface area contributed by atoms with Gasteiger partial charge >= 0.3 is 19.8 Å². The van der Waals surface area contributed by atoms with Crippen molar-refractivity contribution in [1.29, 1.82) is 0 Å². The highest BCUT2D eigenvalue weighted by atomic mass is 31.2. The molecule has 0 aliphatic heterocycles. The van der Waals surface area contributed by atoms with E-state index in [0.717, 1.165) is 103 Å². The Bertz CT molecular complexity index is 1800. The van der Waals surface area contributed by atoms with Crippen LogP contribution in [0.1, 0.15) is 303 Å². The van der Waals surface area contributed by atoms with Gasteiger partial charge in [-0.3, -0.25) is 18.6 Å². The van der Waals surface area contributed by atoms with Gasteiger partial charge in [0.25, 0.3) is 0 Å². The van der Waals surface area contributed by atoms with E-state index in [1.165, 1.54) is 167 Å². The van der Waals surface area contributed by atoms with Gasteiger partial charge in [0.1, 0.15) is 19.8 Å². The Kier molecular flexibility index (Phi) is 62.6. The Morgan fingerprint density at radius 2 is 0.671 bits per heavy atom. The number of phosphoric ester groups is 1. The Hall–Kier alpha value is -3.33. The van der Waals surface area contributed by atoms with Crippen molar-refractivity contribution in [2.24, 2.45) is 0 Å². The molecule has 2 atom stereocenters. The van der Waals surface area contributed by atoms with Crippen LogP contribution in [0.25, 0.3) is 0 Å². The van der Waals surface area contributed by atoms with Crippen molar-refractivity contribution in [2.45, 2.75) is 309 Å². The van der Waals surface area contributed by atoms with Crippen LogP contribution in [0.5, 0.6) is 0 Å². The summed E-state index contributed by atoms with van der Waals surface area (Å²) in [5.74, 6) is -0.797. The van der Waals surface area contributed by atoms with E-state index in [-0.39, 0.29) is 32.0 Å². The van der Waals surface area contributed by atoms with E-state index >= 15 is 0 Å². The summed E-state index contributed by atoms with van der Waals surface area (Å²) in [5, 5.41) is 0. The minimum atomic E-state index is -4.40. The van der Waals surface area contributed by atoms with Crippen molar-refractivity contribution in [3.63, 3.8) is 0 Å². The molecule has 1 N–H and O–H groups in total. The number of esters is 2. The molecule has 0 aliphatic rings. The third kappa shape index (κ3) is 69.6. The molecule has 0 aliphatic carbocycles. The van der Waals surface area contributed by atoms with Crippen molar-refractivity contribution in [3.05, 3.63) is 109 Å². The first-order chi connectivity index (χ1) is 41.5. The molecule has 0 radical (unpaired) electrons. The summed E-state index contributed by atoms with van der Waals surface area (Å²) < 4.78 is 34.7. The third-order valence-corrected chi connectivity index (χ3v) is 16.1. The number of rotatable bonds is 64.